The highest BCUT2D eigenvalue weighted by molar-refractivity contribution is 6.17. The van der Waals surface area contributed by atoms with Crippen molar-refractivity contribution in [3.63, 3.8) is 0 Å². The molecule has 0 amide bonds. The van der Waals surface area contributed by atoms with Gasteiger partial charge in [-0.3, -0.25) is 0 Å². The molecule has 0 bridgehead atoms. The minimum atomic E-state index is -0.120. The molecule has 56 heavy (non-hydrogen) atoms. The van der Waals surface area contributed by atoms with Crippen molar-refractivity contribution in [2.45, 2.75) is 38.5 Å². The Morgan fingerprint density at radius 2 is 0.982 bits per heavy atom. The van der Waals surface area contributed by atoms with Gasteiger partial charge in [0.1, 0.15) is 0 Å². The van der Waals surface area contributed by atoms with Crippen molar-refractivity contribution in [1.82, 2.24) is 4.57 Å². The van der Waals surface area contributed by atoms with Crippen LogP contribution in [0.3, 0.4) is 0 Å². The largest absolute Gasteiger partial charge is 0.310 e. The van der Waals surface area contributed by atoms with Crippen LogP contribution in [0.2, 0.25) is 0 Å². The van der Waals surface area contributed by atoms with Gasteiger partial charge in [0.15, 0.2) is 0 Å². The van der Waals surface area contributed by atoms with Gasteiger partial charge in [-0.1, -0.05) is 161 Å². The Kier molecular flexibility index (Phi) is 6.98. The second-order valence-electron chi connectivity index (χ2n) is 16.5. The number of hydrogen-bond acceptors (Lipinski definition) is 1. The molecule has 9 aromatic rings. The third-order valence-corrected chi connectivity index (χ3v) is 12.8. The minimum Gasteiger partial charge on any atom is -0.310 e. The van der Waals surface area contributed by atoms with Crippen molar-refractivity contribution < 1.29 is 0 Å². The zero-order valence-electron chi connectivity index (χ0n) is 32.2. The summed E-state index contributed by atoms with van der Waals surface area (Å²) in [6.45, 7) is 9.46. The second kappa shape index (κ2) is 11.9. The molecule has 0 aliphatic heterocycles. The maximum absolute atomic E-state index is 2.52. The molecule has 0 spiro atoms. The summed E-state index contributed by atoms with van der Waals surface area (Å²) in [4.78, 5) is 2.49. The monoisotopic (exact) mass is 718 g/mol. The van der Waals surface area contributed by atoms with Gasteiger partial charge >= 0.3 is 0 Å². The van der Waals surface area contributed by atoms with Crippen LogP contribution in [0.15, 0.2) is 182 Å². The molecule has 0 N–H and O–H groups in total. The molecule has 0 atom stereocenters. The van der Waals surface area contributed by atoms with Crippen molar-refractivity contribution in [2.24, 2.45) is 0 Å². The quantitative estimate of drug-likeness (QED) is 0.172. The smallest absolute Gasteiger partial charge is 0.0562 e. The summed E-state index contributed by atoms with van der Waals surface area (Å²) in [6.07, 6.45) is 0. The first-order valence-electron chi connectivity index (χ1n) is 19.8. The average molecular weight is 719 g/mol. The van der Waals surface area contributed by atoms with E-state index in [-0.39, 0.29) is 10.8 Å². The number of aromatic nitrogens is 1. The first-order valence-corrected chi connectivity index (χ1v) is 19.8. The zero-order valence-corrected chi connectivity index (χ0v) is 32.2. The lowest BCUT2D eigenvalue weighted by molar-refractivity contribution is 0.660. The van der Waals surface area contributed by atoms with E-state index in [0.717, 1.165) is 17.1 Å². The Hall–Kier alpha value is -6.64. The number of rotatable bonds is 5. The Labute approximate surface area is 328 Å². The van der Waals surface area contributed by atoms with Gasteiger partial charge in [0.25, 0.3) is 0 Å². The Morgan fingerprint density at radius 1 is 0.411 bits per heavy atom. The topological polar surface area (TPSA) is 8.17 Å². The number of para-hydroxylation sites is 1. The fourth-order valence-electron chi connectivity index (χ4n) is 10.1. The van der Waals surface area contributed by atoms with Crippen LogP contribution in [-0.4, -0.2) is 4.57 Å². The number of fused-ring (bicyclic) bond motifs is 9. The molecule has 1 aromatic heterocycles. The first-order chi connectivity index (χ1) is 27.3. The SMILES string of the molecule is CC1(C)c2ccccc2-c2ccc(N(c3ccc(-c4ccccc4)cc3)c3cccc4c3c3ccccc3n4-c3cccc4c3-c3ccccc3C4(C)C)cc21. The van der Waals surface area contributed by atoms with E-state index in [0.29, 0.717) is 0 Å². The predicted octanol–water partition coefficient (Wildman–Crippen LogP) is 14.5. The summed E-state index contributed by atoms with van der Waals surface area (Å²) in [5.74, 6) is 0. The highest BCUT2D eigenvalue weighted by Crippen LogP contribution is 2.54. The highest BCUT2D eigenvalue weighted by Gasteiger charge is 2.38. The number of anilines is 3. The van der Waals surface area contributed by atoms with Crippen molar-refractivity contribution >= 4 is 38.9 Å². The average Bonchev–Trinajstić information content (AvgIpc) is 3.79. The van der Waals surface area contributed by atoms with Crippen molar-refractivity contribution in [3.8, 4) is 39.1 Å². The second-order valence-corrected chi connectivity index (χ2v) is 16.5. The Morgan fingerprint density at radius 3 is 1.79 bits per heavy atom. The van der Waals surface area contributed by atoms with Gasteiger partial charge in [0.05, 0.1) is 22.4 Å². The molecule has 2 heteroatoms. The summed E-state index contributed by atoms with van der Waals surface area (Å²) in [5, 5.41) is 2.47. The lowest BCUT2D eigenvalue weighted by Crippen LogP contribution is -2.16. The molecule has 0 fully saturated rings. The van der Waals surface area contributed by atoms with Gasteiger partial charge in [0, 0.05) is 38.5 Å². The van der Waals surface area contributed by atoms with E-state index in [1.54, 1.807) is 0 Å². The lowest BCUT2D eigenvalue weighted by Gasteiger charge is -2.29. The molecule has 0 unspecified atom stereocenters. The molecule has 0 saturated heterocycles. The van der Waals surface area contributed by atoms with E-state index >= 15 is 0 Å². The van der Waals surface area contributed by atoms with Crippen LogP contribution in [0.25, 0.3) is 60.9 Å². The van der Waals surface area contributed by atoms with E-state index in [4.69, 9.17) is 0 Å². The summed E-state index contributed by atoms with van der Waals surface area (Å²) in [5.41, 5.74) is 20.1. The van der Waals surface area contributed by atoms with Gasteiger partial charge in [-0.25, -0.2) is 0 Å². The molecule has 2 aliphatic carbocycles. The van der Waals surface area contributed by atoms with E-state index in [1.165, 1.54) is 83.1 Å². The maximum atomic E-state index is 2.52. The maximum Gasteiger partial charge on any atom is 0.0562 e. The molecule has 8 aromatic carbocycles. The molecule has 2 aliphatic rings. The summed E-state index contributed by atoms with van der Waals surface area (Å²) in [6, 6.07) is 67.5. The van der Waals surface area contributed by atoms with E-state index in [2.05, 4.69) is 219 Å². The van der Waals surface area contributed by atoms with Crippen LogP contribution in [0.1, 0.15) is 49.9 Å². The minimum absolute atomic E-state index is 0.0877. The highest BCUT2D eigenvalue weighted by atomic mass is 15.1. The van der Waals surface area contributed by atoms with Gasteiger partial charge in [0.2, 0.25) is 0 Å². The number of nitrogens with zero attached hydrogens (tertiary/aromatic N) is 2. The molecular formula is C54H42N2. The fourth-order valence-corrected chi connectivity index (χ4v) is 10.1. The van der Waals surface area contributed by atoms with Crippen LogP contribution in [0.4, 0.5) is 17.1 Å². The van der Waals surface area contributed by atoms with E-state index in [9.17, 15) is 0 Å². The molecule has 0 radical (unpaired) electrons. The normalized spacial score (nSPS) is 14.4. The van der Waals surface area contributed by atoms with Crippen LogP contribution < -0.4 is 4.90 Å². The van der Waals surface area contributed by atoms with Gasteiger partial charge in [-0.05, 0) is 98.6 Å². The molecule has 0 saturated carbocycles. The van der Waals surface area contributed by atoms with Crippen LogP contribution in [0.5, 0.6) is 0 Å². The first kappa shape index (κ1) is 32.8. The van der Waals surface area contributed by atoms with Crippen LogP contribution in [0, 0.1) is 0 Å². The van der Waals surface area contributed by atoms with Gasteiger partial charge in [-0.2, -0.15) is 0 Å². The summed E-state index contributed by atoms with van der Waals surface area (Å²) in [7, 11) is 0. The number of hydrogen-bond donors (Lipinski definition) is 0. The van der Waals surface area contributed by atoms with E-state index in [1.807, 2.05) is 0 Å². The zero-order chi connectivity index (χ0) is 37.8. The van der Waals surface area contributed by atoms with Crippen molar-refractivity contribution in [1.29, 1.82) is 0 Å². The summed E-state index contributed by atoms with van der Waals surface area (Å²) >= 11 is 0. The molecule has 268 valence electrons. The van der Waals surface area contributed by atoms with Crippen molar-refractivity contribution in [2.75, 3.05) is 4.90 Å². The molecular weight excluding hydrogens is 677 g/mol. The lowest BCUT2D eigenvalue weighted by atomic mass is 9.82. The fraction of sp³-hybridized carbons (Fsp3) is 0.111. The third-order valence-electron chi connectivity index (χ3n) is 12.8. The van der Waals surface area contributed by atoms with Crippen LogP contribution in [-0.2, 0) is 10.8 Å². The van der Waals surface area contributed by atoms with Crippen LogP contribution >= 0.6 is 0 Å². The predicted molar refractivity (Wildman–Crippen MR) is 236 cm³/mol. The van der Waals surface area contributed by atoms with Gasteiger partial charge < -0.3 is 9.47 Å². The summed E-state index contributed by atoms with van der Waals surface area (Å²) < 4.78 is 2.52. The molecule has 2 nitrogen and oxygen atoms in total. The Balaban J connectivity index is 1.18. The van der Waals surface area contributed by atoms with E-state index < -0.39 is 0 Å². The third kappa shape index (κ3) is 4.56. The number of benzene rings is 8. The molecule has 1 heterocycles. The van der Waals surface area contributed by atoms with Crippen molar-refractivity contribution in [3.05, 3.63) is 204 Å². The Bertz CT molecular complexity index is 3020. The molecule has 11 rings (SSSR count). The van der Waals surface area contributed by atoms with Gasteiger partial charge in [-0.15, -0.1) is 0 Å². The standard InChI is InChI=1S/C54H42N2/c1-53(2)44-22-12-9-19-41(44)51-45(53)23-14-25-48(51)56-47-24-13-10-20-42(47)52-49(26-15-27-50(52)56)55(37-30-28-36(29-31-37)35-16-6-5-7-17-35)38-32-33-40-39-18-8-11-21-43(39)54(3,4)46(40)34-38/h5-34H,1-4H3.